The molecule has 1 aliphatic rings. The number of aryl methyl sites for hydroxylation is 1. The minimum absolute atomic E-state index is 0.0570. The summed E-state index contributed by atoms with van der Waals surface area (Å²) < 4.78 is 5.62. The molecule has 0 bridgehead atoms. The molecule has 92 valence electrons. The normalized spacial score (nSPS) is 15.6. The number of hydrogen-bond donors (Lipinski definition) is 1. The van der Waals surface area contributed by atoms with Gasteiger partial charge in [0.1, 0.15) is 5.75 Å². The average Bonchev–Trinajstić information content (AvgIpc) is 2.47. The van der Waals surface area contributed by atoms with Gasteiger partial charge in [-0.2, -0.15) is 0 Å². The van der Waals surface area contributed by atoms with Gasteiger partial charge in [-0.1, -0.05) is 42.5 Å². The van der Waals surface area contributed by atoms with Crippen molar-refractivity contribution in [1.29, 1.82) is 0 Å². The van der Waals surface area contributed by atoms with Crippen molar-refractivity contribution in [2.75, 3.05) is 6.61 Å². The van der Waals surface area contributed by atoms with Gasteiger partial charge in [0, 0.05) is 0 Å². The Kier molecular flexibility index (Phi) is 3.03. The summed E-state index contributed by atoms with van der Waals surface area (Å²) in [7, 11) is 0. The van der Waals surface area contributed by atoms with Crippen molar-refractivity contribution >= 4 is 0 Å². The highest BCUT2D eigenvalue weighted by atomic mass is 16.5. The summed E-state index contributed by atoms with van der Waals surface area (Å²) in [6.45, 7) is 0.830. The molecule has 1 aliphatic heterocycles. The summed E-state index contributed by atoms with van der Waals surface area (Å²) in [5.74, 6) is 1.02. The largest absolute Gasteiger partial charge is 0.493 e. The molecule has 18 heavy (non-hydrogen) atoms. The molecule has 0 radical (unpaired) electrons. The summed E-state index contributed by atoms with van der Waals surface area (Å²) in [6, 6.07) is 16.4. The Labute approximate surface area is 107 Å². The van der Waals surface area contributed by atoms with Crippen molar-refractivity contribution in [1.82, 2.24) is 0 Å². The standard InChI is InChI=1S/C16H17NO/c17-16(12-5-2-1-3-6-12)14-8-9-15-13(11-14)7-4-10-18-15/h1-3,5-6,8-9,11,16H,4,7,10,17H2/t16-/m0/s1. The van der Waals surface area contributed by atoms with Gasteiger partial charge >= 0.3 is 0 Å². The molecule has 0 fully saturated rings. The van der Waals surface area contributed by atoms with E-state index in [0.29, 0.717) is 0 Å². The van der Waals surface area contributed by atoms with Crippen LogP contribution in [-0.2, 0) is 6.42 Å². The van der Waals surface area contributed by atoms with Crippen LogP contribution in [0.5, 0.6) is 5.75 Å². The molecule has 0 saturated carbocycles. The Morgan fingerprint density at radius 2 is 1.83 bits per heavy atom. The number of rotatable bonds is 2. The van der Waals surface area contributed by atoms with Gasteiger partial charge < -0.3 is 10.5 Å². The Morgan fingerprint density at radius 3 is 2.67 bits per heavy atom. The van der Waals surface area contributed by atoms with E-state index in [9.17, 15) is 0 Å². The summed E-state index contributed by atoms with van der Waals surface area (Å²) in [5.41, 5.74) is 9.90. The Balaban J connectivity index is 1.93. The second kappa shape index (κ2) is 4.83. The van der Waals surface area contributed by atoms with Crippen molar-refractivity contribution in [2.45, 2.75) is 18.9 Å². The molecule has 0 aliphatic carbocycles. The van der Waals surface area contributed by atoms with E-state index >= 15 is 0 Å². The van der Waals surface area contributed by atoms with E-state index < -0.39 is 0 Å². The van der Waals surface area contributed by atoms with Crippen molar-refractivity contribution < 1.29 is 4.74 Å². The van der Waals surface area contributed by atoms with Gasteiger partial charge in [0.05, 0.1) is 12.6 Å². The number of hydrogen-bond acceptors (Lipinski definition) is 2. The zero-order chi connectivity index (χ0) is 12.4. The molecule has 0 aromatic heterocycles. The third-order valence-corrected chi connectivity index (χ3v) is 3.45. The van der Waals surface area contributed by atoms with Crippen molar-refractivity contribution in [3.05, 3.63) is 65.2 Å². The van der Waals surface area contributed by atoms with Crippen molar-refractivity contribution in [3.63, 3.8) is 0 Å². The minimum atomic E-state index is -0.0570. The summed E-state index contributed by atoms with van der Waals surface area (Å²) in [6.07, 6.45) is 2.18. The van der Waals surface area contributed by atoms with Crippen LogP contribution in [0.2, 0.25) is 0 Å². The molecule has 1 heterocycles. The van der Waals surface area contributed by atoms with Gasteiger partial charge in [0.2, 0.25) is 0 Å². The molecule has 2 N–H and O–H groups in total. The van der Waals surface area contributed by atoms with Gasteiger partial charge in [-0.15, -0.1) is 0 Å². The maximum atomic E-state index is 6.31. The number of benzene rings is 2. The Bertz CT molecular complexity index is 536. The fraction of sp³-hybridized carbons (Fsp3) is 0.250. The minimum Gasteiger partial charge on any atom is -0.493 e. The maximum absolute atomic E-state index is 6.31. The number of ether oxygens (including phenoxy) is 1. The number of fused-ring (bicyclic) bond motifs is 1. The second-order valence-electron chi connectivity index (χ2n) is 4.71. The molecule has 2 aromatic carbocycles. The maximum Gasteiger partial charge on any atom is 0.122 e. The third kappa shape index (κ3) is 2.12. The van der Waals surface area contributed by atoms with E-state index in [1.807, 2.05) is 24.3 Å². The van der Waals surface area contributed by atoms with E-state index in [1.165, 1.54) is 5.56 Å². The van der Waals surface area contributed by atoms with Crippen LogP contribution in [-0.4, -0.2) is 6.61 Å². The average molecular weight is 239 g/mol. The molecule has 0 unspecified atom stereocenters. The van der Waals surface area contributed by atoms with E-state index in [2.05, 4.69) is 24.3 Å². The van der Waals surface area contributed by atoms with Gasteiger partial charge in [0.15, 0.2) is 0 Å². The van der Waals surface area contributed by atoms with Crippen LogP contribution >= 0.6 is 0 Å². The fourth-order valence-electron chi connectivity index (χ4n) is 2.43. The monoisotopic (exact) mass is 239 g/mol. The second-order valence-corrected chi connectivity index (χ2v) is 4.71. The predicted octanol–water partition coefficient (Wildman–Crippen LogP) is 3.06. The fourth-order valence-corrected chi connectivity index (χ4v) is 2.43. The first kappa shape index (κ1) is 11.3. The van der Waals surface area contributed by atoms with Gasteiger partial charge in [-0.05, 0) is 35.6 Å². The molecule has 2 aromatic rings. The summed E-state index contributed by atoms with van der Waals surface area (Å²) in [4.78, 5) is 0. The van der Waals surface area contributed by atoms with Crippen LogP contribution < -0.4 is 10.5 Å². The molecular weight excluding hydrogens is 222 g/mol. The SMILES string of the molecule is N[C@@H](c1ccccc1)c1ccc2c(c1)CCCO2. The Morgan fingerprint density at radius 1 is 1.00 bits per heavy atom. The van der Waals surface area contributed by atoms with Crippen LogP contribution in [0.25, 0.3) is 0 Å². The smallest absolute Gasteiger partial charge is 0.122 e. The van der Waals surface area contributed by atoms with Crippen molar-refractivity contribution in [2.24, 2.45) is 5.73 Å². The molecule has 2 nitrogen and oxygen atoms in total. The lowest BCUT2D eigenvalue weighted by molar-refractivity contribution is 0.288. The summed E-state index contributed by atoms with van der Waals surface area (Å²) in [5, 5.41) is 0. The van der Waals surface area contributed by atoms with Crippen LogP contribution in [0, 0.1) is 0 Å². The van der Waals surface area contributed by atoms with Gasteiger partial charge in [0.25, 0.3) is 0 Å². The zero-order valence-corrected chi connectivity index (χ0v) is 10.3. The first-order valence-corrected chi connectivity index (χ1v) is 6.41. The zero-order valence-electron chi connectivity index (χ0n) is 10.3. The number of nitrogens with two attached hydrogens (primary N) is 1. The predicted molar refractivity (Wildman–Crippen MR) is 72.7 cm³/mol. The van der Waals surface area contributed by atoms with E-state index in [-0.39, 0.29) is 6.04 Å². The van der Waals surface area contributed by atoms with Crippen LogP contribution in [0.4, 0.5) is 0 Å². The molecule has 0 spiro atoms. The molecule has 0 saturated heterocycles. The first-order chi connectivity index (χ1) is 8.84. The van der Waals surface area contributed by atoms with Gasteiger partial charge in [-0.3, -0.25) is 0 Å². The van der Waals surface area contributed by atoms with E-state index in [0.717, 1.165) is 36.3 Å². The lowest BCUT2D eigenvalue weighted by atomic mass is 9.95. The van der Waals surface area contributed by atoms with Crippen LogP contribution in [0.3, 0.4) is 0 Å². The quantitative estimate of drug-likeness (QED) is 0.874. The first-order valence-electron chi connectivity index (χ1n) is 6.41. The highest BCUT2D eigenvalue weighted by Crippen LogP contribution is 2.29. The molecule has 0 amide bonds. The van der Waals surface area contributed by atoms with E-state index in [4.69, 9.17) is 10.5 Å². The van der Waals surface area contributed by atoms with Crippen LogP contribution in [0.15, 0.2) is 48.5 Å². The molecular formula is C16H17NO. The molecule has 2 heteroatoms. The Hall–Kier alpha value is -1.80. The molecule has 1 atom stereocenters. The van der Waals surface area contributed by atoms with Crippen molar-refractivity contribution in [3.8, 4) is 5.75 Å². The highest BCUT2D eigenvalue weighted by molar-refractivity contribution is 5.42. The third-order valence-electron chi connectivity index (χ3n) is 3.45. The lowest BCUT2D eigenvalue weighted by Gasteiger charge is -2.20. The van der Waals surface area contributed by atoms with E-state index in [1.54, 1.807) is 0 Å². The lowest BCUT2D eigenvalue weighted by Crippen LogP contribution is -2.14. The van der Waals surface area contributed by atoms with Gasteiger partial charge in [-0.25, -0.2) is 0 Å². The summed E-state index contributed by atoms with van der Waals surface area (Å²) >= 11 is 0. The topological polar surface area (TPSA) is 35.2 Å². The molecule has 3 rings (SSSR count). The highest BCUT2D eigenvalue weighted by Gasteiger charge is 2.14. The van der Waals surface area contributed by atoms with Crippen LogP contribution in [0.1, 0.15) is 29.2 Å².